The first kappa shape index (κ1) is 23.7. The zero-order chi connectivity index (χ0) is 24.1. The minimum atomic E-state index is -0.495. The lowest BCUT2D eigenvalue weighted by Gasteiger charge is -2.27. The Morgan fingerprint density at radius 3 is 2.74 bits per heavy atom. The molecule has 9 heteroatoms. The highest BCUT2D eigenvalue weighted by Gasteiger charge is 2.28. The molecule has 7 nitrogen and oxygen atoms in total. The van der Waals surface area contributed by atoms with Crippen molar-refractivity contribution in [2.24, 2.45) is 0 Å². The monoisotopic (exact) mass is 484 g/mol. The third kappa shape index (κ3) is 5.37. The number of rotatable bonds is 6. The summed E-state index contributed by atoms with van der Waals surface area (Å²) in [5, 5.41) is 4.55. The van der Waals surface area contributed by atoms with Crippen molar-refractivity contribution < 1.29 is 28.2 Å². The Hall–Kier alpha value is -3.43. The van der Waals surface area contributed by atoms with E-state index in [2.05, 4.69) is 5.32 Å². The lowest BCUT2D eigenvalue weighted by atomic mass is 10.0. The average Bonchev–Trinajstić information content (AvgIpc) is 3.22. The third-order valence-electron chi connectivity index (χ3n) is 5.55. The molecule has 0 unspecified atom stereocenters. The van der Waals surface area contributed by atoms with Gasteiger partial charge in [-0.2, -0.15) is 0 Å². The van der Waals surface area contributed by atoms with Crippen LogP contribution in [0.4, 0.5) is 14.9 Å². The smallest absolute Gasteiger partial charge is 0.350 e. The highest BCUT2D eigenvalue weighted by atomic mass is 32.1. The van der Waals surface area contributed by atoms with Gasteiger partial charge in [0.05, 0.1) is 38.6 Å². The van der Waals surface area contributed by atoms with Crippen LogP contribution in [0.15, 0.2) is 53.9 Å². The van der Waals surface area contributed by atoms with Crippen LogP contribution in [0.3, 0.4) is 0 Å². The topological polar surface area (TPSA) is 77.1 Å². The van der Waals surface area contributed by atoms with Gasteiger partial charge in [0, 0.05) is 5.56 Å². The molecule has 0 fully saturated rings. The Bertz CT molecular complexity index is 1180. The molecule has 4 rings (SSSR count). The highest BCUT2D eigenvalue weighted by molar-refractivity contribution is 7.12. The number of urea groups is 1. The number of methoxy groups -OCH3 is 1. The van der Waals surface area contributed by atoms with E-state index in [1.807, 2.05) is 31.2 Å². The van der Waals surface area contributed by atoms with E-state index < -0.39 is 5.97 Å². The summed E-state index contributed by atoms with van der Waals surface area (Å²) in [6.07, 6.45) is 0. The maximum atomic E-state index is 13.4. The molecule has 0 spiro atoms. The van der Waals surface area contributed by atoms with Crippen LogP contribution in [0, 0.1) is 5.82 Å². The predicted molar refractivity (Wildman–Crippen MR) is 127 cm³/mol. The number of nitrogens with one attached hydrogen (secondary N) is 1. The van der Waals surface area contributed by atoms with E-state index in [-0.39, 0.29) is 17.9 Å². The predicted octanol–water partition coefficient (Wildman–Crippen LogP) is 5.38. The molecule has 2 amide bonds. The van der Waals surface area contributed by atoms with Crippen LogP contribution in [0.5, 0.6) is 5.75 Å². The zero-order valence-electron chi connectivity index (χ0n) is 18.9. The lowest BCUT2D eigenvalue weighted by Crippen LogP contribution is -2.38. The van der Waals surface area contributed by atoms with E-state index in [0.29, 0.717) is 42.7 Å². The van der Waals surface area contributed by atoms with Crippen LogP contribution in [-0.4, -0.2) is 37.2 Å². The SMILES string of the molecule is COC(=O)c1sccc1NC(=O)N1CCOc2ccc(COCc3cccc(F)c3)cc2[C@@H]1C. The van der Waals surface area contributed by atoms with Gasteiger partial charge in [-0.1, -0.05) is 18.2 Å². The molecule has 2 aromatic carbocycles. The van der Waals surface area contributed by atoms with E-state index in [4.69, 9.17) is 14.2 Å². The van der Waals surface area contributed by atoms with Crippen molar-refractivity contribution in [2.75, 3.05) is 25.6 Å². The third-order valence-corrected chi connectivity index (χ3v) is 6.44. The van der Waals surface area contributed by atoms with E-state index in [9.17, 15) is 14.0 Å². The Balaban J connectivity index is 1.45. The molecule has 0 radical (unpaired) electrons. The van der Waals surface area contributed by atoms with Crippen molar-refractivity contribution in [1.29, 1.82) is 0 Å². The van der Waals surface area contributed by atoms with Crippen LogP contribution in [0.25, 0.3) is 0 Å². The number of ether oxygens (including phenoxy) is 3. The molecule has 1 aromatic heterocycles. The molecule has 0 aliphatic carbocycles. The van der Waals surface area contributed by atoms with Crippen molar-refractivity contribution in [3.05, 3.63) is 81.3 Å². The summed E-state index contributed by atoms with van der Waals surface area (Å²) in [4.78, 5) is 27.0. The molecule has 0 saturated heterocycles. The molecule has 2 heterocycles. The van der Waals surface area contributed by atoms with Crippen molar-refractivity contribution in [3.8, 4) is 5.75 Å². The van der Waals surface area contributed by atoms with Gasteiger partial charge in [0.1, 0.15) is 23.1 Å². The molecule has 3 aromatic rings. The number of benzene rings is 2. The molecule has 1 aliphatic rings. The summed E-state index contributed by atoms with van der Waals surface area (Å²) < 4.78 is 29.8. The average molecular weight is 485 g/mol. The maximum Gasteiger partial charge on any atom is 0.350 e. The number of halogens is 1. The number of hydrogen-bond donors (Lipinski definition) is 1. The number of thiophene rings is 1. The van der Waals surface area contributed by atoms with Crippen molar-refractivity contribution in [1.82, 2.24) is 4.90 Å². The Morgan fingerprint density at radius 2 is 1.97 bits per heavy atom. The summed E-state index contributed by atoms with van der Waals surface area (Å²) in [5.74, 6) is -0.0788. The Morgan fingerprint density at radius 1 is 1.18 bits per heavy atom. The van der Waals surface area contributed by atoms with Gasteiger partial charge in [-0.3, -0.25) is 0 Å². The largest absolute Gasteiger partial charge is 0.491 e. The number of amides is 2. The van der Waals surface area contributed by atoms with Crippen LogP contribution >= 0.6 is 11.3 Å². The number of fused-ring (bicyclic) bond motifs is 1. The Labute approximate surface area is 201 Å². The van der Waals surface area contributed by atoms with E-state index in [0.717, 1.165) is 16.7 Å². The Kier molecular flexibility index (Phi) is 7.44. The van der Waals surface area contributed by atoms with Gasteiger partial charge in [0.25, 0.3) is 0 Å². The van der Waals surface area contributed by atoms with Gasteiger partial charge in [-0.05, 0) is 53.8 Å². The number of nitrogens with zero attached hydrogens (tertiary/aromatic N) is 1. The number of carbonyl (C=O) groups excluding carboxylic acids is 2. The minimum absolute atomic E-state index is 0.277. The number of hydrogen-bond acceptors (Lipinski definition) is 6. The molecular weight excluding hydrogens is 459 g/mol. The fourth-order valence-electron chi connectivity index (χ4n) is 3.80. The van der Waals surface area contributed by atoms with Crippen LogP contribution in [0.1, 0.15) is 39.3 Å². The first-order valence-electron chi connectivity index (χ1n) is 10.8. The second-order valence-corrected chi connectivity index (χ2v) is 8.71. The summed E-state index contributed by atoms with van der Waals surface area (Å²) >= 11 is 1.21. The fourth-order valence-corrected chi connectivity index (χ4v) is 4.56. The minimum Gasteiger partial charge on any atom is -0.491 e. The van der Waals surface area contributed by atoms with Crippen molar-refractivity contribution in [3.63, 3.8) is 0 Å². The second kappa shape index (κ2) is 10.7. The van der Waals surface area contributed by atoms with Gasteiger partial charge in [0.2, 0.25) is 0 Å². The normalized spacial score (nSPS) is 15.1. The molecule has 34 heavy (non-hydrogen) atoms. The summed E-state index contributed by atoms with van der Waals surface area (Å²) in [5.41, 5.74) is 2.95. The van der Waals surface area contributed by atoms with Crippen LogP contribution in [-0.2, 0) is 22.7 Å². The summed E-state index contributed by atoms with van der Waals surface area (Å²) in [7, 11) is 1.30. The maximum absolute atomic E-state index is 13.4. The summed E-state index contributed by atoms with van der Waals surface area (Å²) in [6.45, 7) is 3.27. The number of esters is 1. The summed E-state index contributed by atoms with van der Waals surface area (Å²) in [6, 6.07) is 13.1. The fraction of sp³-hybridized carbons (Fsp3) is 0.280. The van der Waals surface area contributed by atoms with Crippen molar-refractivity contribution in [2.45, 2.75) is 26.2 Å². The van der Waals surface area contributed by atoms with Gasteiger partial charge in [-0.25, -0.2) is 14.0 Å². The van der Waals surface area contributed by atoms with Crippen molar-refractivity contribution >= 4 is 29.0 Å². The molecular formula is C25H25FN2O5S. The van der Waals surface area contributed by atoms with Gasteiger partial charge >= 0.3 is 12.0 Å². The molecule has 0 saturated carbocycles. The quantitative estimate of drug-likeness (QED) is 0.476. The molecule has 1 N–H and O–H groups in total. The van der Waals surface area contributed by atoms with Crippen LogP contribution in [0.2, 0.25) is 0 Å². The van der Waals surface area contributed by atoms with Gasteiger partial charge < -0.3 is 24.4 Å². The number of carbonyl (C=O) groups is 2. The molecule has 0 bridgehead atoms. The first-order chi connectivity index (χ1) is 16.5. The number of anilines is 1. The second-order valence-electron chi connectivity index (χ2n) is 7.80. The first-order valence-corrected chi connectivity index (χ1v) is 11.7. The standard InChI is InChI=1S/C25H25FN2O5S/c1-16-20-13-18(15-32-14-17-4-3-5-19(26)12-17)6-7-22(20)33-10-9-28(16)25(30)27-21-8-11-34-23(21)24(29)31-2/h3-8,11-13,16H,9-10,14-15H2,1-2H3,(H,27,30)/t16-/m0/s1. The van der Waals surface area contributed by atoms with Crippen LogP contribution < -0.4 is 10.1 Å². The van der Waals surface area contributed by atoms with Gasteiger partial charge in [-0.15, -0.1) is 11.3 Å². The molecule has 178 valence electrons. The van der Waals surface area contributed by atoms with E-state index >= 15 is 0 Å². The highest BCUT2D eigenvalue weighted by Crippen LogP contribution is 2.34. The zero-order valence-corrected chi connectivity index (χ0v) is 19.7. The molecule has 1 atom stereocenters. The van der Waals surface area contributed by atoms with E-state index in [1.165, 1.54) is 30.6 Å². The lowest BCUT2D eigenvalue weighted by molar-refractivity contribution is 0.0607. The van der Waals surface area contributed by atoms with Gasteiger partial charge in [0.15, 0.2) is 0 Å². The van der Waals surface area contributed by atoms with E-state index in [1.54, 1.807) is 22.4 Å². The molecule has 1 aliphatic heterocycles.